The van der Waals surface area contributed by atoms with Crippen molar-refractivity contribution in [2.75, 3.05) is 0 Å². The zero-order valence-corrected chi connectivity index (χ0v) is 17.2. The molecule has 0 aromatic carbocycles. The number of hydrogen-bond acceptors (Lipinski definition) is 6. The molecular weight excluding hydrogens is 330 g/mol. The summed E-state index contributed by atoms with van der Waals surface area (Å²) in [5.74, 6) is 1.45. The van der Waals surface area contributed by atoms with E-state index in [0.717, 1.165) is 25.7 Å². The molecule has 6 nitrogen and oxygen atoms in total. The van der Waals surface area contributed by atoms with Gasteiger partial charge in [0.05, 0.1) is 12.0 Å². The molecule has 0 spiro atoms. The van der Waals surface area contributed by atoms with Gasteiger partial charge in [-0.3, -0.25) is 4.79 Å². The molecule has 0 saturated heterocycles. The Morgan fingerprint density at radius 3 is 2.42 bits per heavy atom. The van der Waals surface area contributed by atoms with E-state index in [1.54, 1.807) is 0 Å². The summed E-state index contributed by atoms with van der Waals surface area (Å²) in [6, 6.07) is 0. The molecular formula is C20H35N3O3. The number of hydrogen-bond donors (Lipinski definition) is 1. The second kappa shape index (κ2) is 7.67. The lowest BCUT2D eigenvalue weighted by Crippen LogP contribution is -2.43. The first-order chi connectivity index (χ1) is 12.0. The standard InChI is InChI=1S/C20H35N3O3/c1-7-19(5,6)14-10-12-20(21,13-11-14)17-22-15(26-23-17)8-9-16(24)25-18(2,3)4/h14H,7-13,21H2,1-6H3. The van der Waals surface area contributed by atoms with Gasteiger partial charge in [-0.25, -0.2) is 0 Å². The van der Waals surface area contributed by atoms with Gasteiger partial charge in [0.25, 0.3) is 0 Å². The molecule has 1 aromatic heterocycles. The van der Waals surface area contributed by atoms with Crippen LogP contribution in [0.4, 0.5) is 0 Å². The monoisotopic (exact) mass is 365 g/mol. The van der Waals surface area contributed by atoms with Crippen LogP contribution in [0.5, 0.6) is 0 Å². The summed E-state index contributed by atoms with van der Waals surface area (Å²) in [4.78, 5) is 16.3. The van der Waals surface area contributed by atoms with Crippen molar-refractivity contribution in [3.05, 3.63) is 11.7 Å². The van der Waals surface area contributed by atoms with Gasteiger partial charge in [-0.1, -0.05) is 32.3 Å². The van der Waals surface area contributed by atoms with E-state index in [0.29, 0.717) is 29.5 Å². The highest BCUT2D eigenvalue weighted by atomic mass is 16.6. The van der Waals surface area contributed by atoms with E-state index in [9.17, 15) is 4.79 Å². The zero-order chi connectivity index (χ0) is 19.6. The minimum Gasteiger partial charge on any atom is -0.460 e. The van der Waals surface area contributed by atoms with Crippen LogP contribution in [0.2, 0.25) is 0 Å². The summed E-state index contributed by atoms with van der Waals surface area (Å²) in [6.07, 6.45) is 5.68. The quantitative estimate of drug-likeness (QED) is 0.762. The van der Waals surface area contributed by atoms with Gasteiger partial charge in [0.2, 0.25) is 5.89 Å². The largest absolute Gasteiger partial charge is 0.460 e. The molecule has 1 saturated carbocycles. The van der Waals surface area contributed by atoms with Crippen molar-refractivity contribution in [2.45, 2.75) is 97.6 Å². The summed E-state index contributed by atoms with van der Waals surface area (Å²) in [6.45, 7) is 12.5. The number of ether oxygens (including phenoxy) is 1. The molecule has 2 N–H and O–H groups in total. The molecule has 26 heavy (non-hydrogen) atoms. The highest BCUT2D eigenvalue weighted by Crippen LogP contribution is 2.45. The van der Waals surface area contributed by atoms with E-state index in [1.807, 2.05) is 20.8 Å². The van der Waals surface area contributed by atoms with Gasteiger partial charge < -0.3 is 15.0 Å². The van der Waals surface area contributed by atoms with E-state index in [1.165, 1.54) is 6.42 Å². The first-order valence-electron chi connectivity index (χ1n) is 9.79. The number of nitrogens with zero attached hydrogens (tertiary/aromatic N) is 2. The number of rotatable bonds is 6. The Hall–Kier alpha value is -1.43. The van der Waals surface area contributed by atoms with Crippen molar-refractivity contribution >= 4 is 5.97 Å². The van der Waals surface area contributed by atoms with Crippen molar-refractivity contribution < 1.29 is 14.1 Å². The van der Waals surface area contributed by atoms with E-state index < -0.39 is 11.1 Å². The average molecular weight is 366 g/mol. The fourth-order valence-electron chi connectivity index (χ4n) is 3.59. The molecule has 2 rings (SSSR count). The predicted molar refractivity (Wildman–Crippen MR) is 100 cm³/mol. The van der Waals surface area contributed by atoms with Gasteiger partial charge in [0.15, 0.2) is 5.82 Å². The number of esters is 1. The predicted octanol–water partition coefficient (Wildman–Crippen LogP) is 4.12. The first kappa shape index (κ1) is 20.9. The van der Waals surface area contributed by atoms with Crippen LogP contribution in [0, 0.1) is 11.3 Å². The maximum absolute atomic E-state index is 11.8. The number of nitrogens with two attached hydrogens (primary N) is 1. The van der Waals surface area contributed by atoms with Crippen molar-refractivity contribution in [3.63, 3.8) is 0 Å². The van der Waals surface area contributed by atoms with Gasteiger partial charge in [-0.05, 0) is 57.8 Å². The van der Waals surface area contributed by atoms with Crippen molar-refractivity contribution in [1.29, 1.82) is 0 Å². The summed E-state index contributed by atoms with van der Waals surface area (Å²) in [5.41, 5.74) is 5.94. The van der Waals surface area contributed by atoms with Crippen molar-refractivity contribution in [2.24, 2.45) is 17.1 Å². The van der Waals surface area contributed by atoms with Crippen LogP contribution in [-0.2, 0) is 21.5 Å². The van der Waals surface area contributed by atoms with Crippen molar-refractivity contribution in [3.8, 4) is 0 Å². The molecule has 1 fully saturated rings. The maximum Gasteiger partial charge on any atom is 0.306 e. The van der Waals surface area contributed by atoms with Crippen LogP contribution >= 0.6 is 0 Å². The van der Waals surface area contributed by atoms with Gasteiger partial charge in [0, 0.05) is 6.42 Å². The minimum atomic E-state index is -0.520. The van der Waals surface area contributed by atoms with Crippen LogP contribution in [0.15, 0.2) is 4.52 Å². The third-order valence-electron chi connectivity index (χ3n) is 5.77. The molecule has 0 aliphatic heterocycles. The molecule has 1 aliphatic rings. The second-order valence-electron chi connectivity index (χ2n) is 9.37. The lowest BCUT2D eigenvalue weighted by molar-refractivity contribution is -0.154. The first-order valence-corrected chi connectivity index (χ1v) is 9.79. The molecule has 1 aliphatic carbocycles. The molecule has 6 heteroatoms. The zero-order valence-electron chi connectivity index (χ0n) is 17.2. The number of aromatic nitrogens is 2. The smallest absolute Gasteiger partial charge is 0.306 e. The second-order valence-corrected chi connectivity index (χ2v) is 9.37. The summed E-state index contributed by atoms with van der Waals surface area (Å²) in [5, 5.41) is 4.11. The Morgan fingerprint density at radius 2 is 1.88 bits per heavy atom. The maximum atomic E-state index is 11.8. The summed E-state index contributed by atoms with van der Waals surface area (Å²) >= 11 is 0. The Morgan fingerprint density at radius 1 is 1.27 bits per heavy atom. The lowest BCUT2D eigenvalue weighted by Gasteiger charge is -2.41. The van der Waals surface area contributed by atoms with E-state index in [2.05, 4.69) is 30.9 Å². The molecule has 0 unspecified atom stereocenters. The van der Waals surface area contributed by atoms with Gasteiger partial charge in [0.1, 0.15) is 5.60 Å². The number of aryl methyl sites for hydroxylation is 1. The molecule has 0 bridgehead atoms. The van der Waals surface area contributed by atoms with Crippen molar-refractivity contribution in [1.82, 2.24) is 10.1 Å². The Bertz CT molecular complexity index is 608. The Balaban J connectivity index is 1.92. The number of carbonyl (C=O) groups excluding carboxylic acids is 1. The van der Waals surface area contributed by atoms with Gasteiger partial charge >= 0.3 is 5.97 Å². The summed E-state index contributed by atoms with van der Waals surface area (Å²) in [7, 11) is 0. The molecule has 0 atom stereocenters. The average Bonchev–Trinajstić information content (AvgIpc) is 3.01. The lowest BCUT2D eigenvalue weighted by atomic mass is 9.65. The molecule has 0 radical (unpaired) electrons. The number of carbonyl (C=O) groups is 1. The van der Waals surface area contributed by atoms with Crippen LogP contribution in [0.3, 0.4) is 0 Å². The summed E-state index contributed by atoms with van der Waals surface area (Å²) < 4.78 is 10.6. The van der Waals surface area contributed by atoms with E-state index in [-0.39, 0.29) is 12.4 Å². The molecule has 148 valence electrons. The third kappa shape index (κ3) is 5.29. The normalized spacial score (nSPS) is 24.5. The Kier molecular flexibility index (Phi) is 6.16. The fourth-order valence-corrected chi connectivity index (χ4v) is 3.59. The van der Waals surface area contributed by atoms with Gasteiger partial charge in [-0.15, -0.1) is 0 Å². The minimum absolute atomic E-state index is 0.225. The molecule has 1 heterocycles. The van der Waals surface area contributed by atoms with Crippen LogP contribution in [-0.4, -0.2) is 21.7 Å². The molecule has 1 aromatic rings. The van der Waals surface area contributed by atoms with Crippen LogP contribution in [0.25, 0.3) is 0 Å². The molecule has 0 amide bonds. The van der Waals surface area contributed by atoms with Gasteiger partial charge in [-0.2, -0.15) is 4.98 Å². The van der Waals surface area contributed by atoms with Crippen LogP contribution < -0.4 is 5.73 Å². The highest BCUT2D eigenvalue weighted by Gasteiger charge is 2.41. The van der Waals surface area contributed by atoms with E-state index in [4.69, 9.17) is 15.0 Å². The topological polar surface area (TPSA) is 91.2 Å². The third-order valence-corrected chi connectivity index (χ3v) is 5.77. The highest BCUT2D eigenvalue weighted by molar-refractivity contribution is 5.70. The fraction of sp³-hybridized carbons (Fsp3) is 0.850. The van der Waals surface area contributed by atoms with Crippen LogP contribution in [0.1, 0.15) is 91.8 Å². The van der Waals surface area contributed by atoms with E-state index >= 15 is 0 Å². The Labute approximate surface area is 157 Å². The SMILES string of the molecule is CCC(C)(C)C1CCC(N)(c2noc(CCC(=O)OC(C)(C)C)n2)CC1.